The van der Waals surface area contributed by atoms with Crippen molar-refractivity contribution in [2.24, 2.45) is 0 Å². The van der Waals surface area contributed by atoms with Gasteiger partial charge in [-0.3, -0.25) is 18.1 Å². The topological polar surface area (TPSA) is 144 Å². The van der Waals surface area contributed by atoms with Gasteiger partial charge in [-0.05, 0) is 13.8 Å². The van der Waals surface area contributed by atoms with Gasteiger partial charge in [-0.1, -0.05) is 0 Å². The lowest BCUT2D eigenvalue weighted by molar-refractivity contribution is -0.208. The van der Waals surface area contributed by atoms with Crippen LogP contribution in [0, 0.1) is 0 Å². The van der Waals surface area contributed by atoms with Gasteiger partial charge in [0.2, 0.25) is 0 Å². The molecular weight excluding hydrogens is 403 g/mol. The number of aromatic nitrogens is 4. The van der Waals surface area contributed by atoms with Crippen molar-refractivity contribution in [1.82, 2.24) is 19.5 Å². The van der Waals surface area contributed by atoms with E-state index in [1.807, 2.05) is 0 Å². The van der Waals surface area contributed by atoms with Crippen LogP contribution in [-0.2, 0) is 22.9 Å². The molecular formula is C14H18F2N5O6P. The number of phosphoric acid groups is 1. The zero-order valence-corrected chi connectivity index (χ0v) is 15.7. The largest absolute Gasteiger partial charge is 0.475 e. The fourth-order valence-electron chi connectivity index (χ4n) is 3.25. The summed E-state index contributed by atoms with van der Waals surface area (Å²) in [5.41, 5.74) is 3.76. The lowest BCUT2D eigenvalue weighted by Crippen LogP contribution is -2.56. The molecule has 14 heteroatoms. The van der Waals surface area contributed by atoms with Crippen LogP contribution in [0.1, 0.15) is 20.1 Å². The van der Waals surface area contributed by atoms with Gasteiger partial charge in [-0.25, -0.2) is 28.3 Å². The second kappa shape index (κ2) is 6.65. The van der Waals surface area contributed by atoms with Gasteiger partial charge in [0.1, 0.15) is 24.1 Å². The summed E-state index contributed by atoms with van der Waals surface area (Å²) in [5.74, 6) is 0.0756. The van der Waals surface area contributed by atoms with E-state index in [0.717, 1.165) is 6.33 Å². The number of alkyl halides is 2. The van der Waals surface area contributed by atoms with Gasteiger partial charge in [-0.15, -0.1) is 0 Å². The monoisotopic (exact) mass is 421 g/mol. The molecule has 0 aliphatic carbocycles. The van der Waals surface area contributed by atoms with Crippen LogP contribution in [-0.4, -0.2) is 61.6 Å². The summed E-state index contributed by atoms with van der Waals surface area (Å²) in [6, 6.07) is 0. The standard InChI is InChI=1S/C14H18F2N5O6P/c1-6(2)26-28(23)24-3-14(13(15)16)9(27-28)8(22)12(25-14)21-5-20-7-10(17)18-4-19-11(7)21/h4-6,8-9,12-13,22H,3H2,1-2H3,(H2,17,18,19). The quantitative estimate of drug-likeness (QED) is 0.692. The van der Waals surface area contributed by atoms with Crippen LogP contribution in [0.5, 0.6) is 0 Å². The Morgan fingerprint density at radius 2 is 2.18 bits per heavy atom. The van der Waals surface area contributed by atoms with Crippen LogP contribution in [0.4, 0.5) is 14.6 Å². The number of hydrogen-bond donors (Lipinski definition) is 2. The van der Waals surface area contributed by atoms with Crippen molar-refractivity contribution in [1.29, 1.82) is 0 Å². The van der Waals surface area contributed by atoms with Gasteiger partial charge >= 0.3 is 7.82 Å². The summed E-state index contributed by atoms with van der Waals surface area (Å²) in [6.45, 7) is 2.36. The summed E-state index contributed by atoms with van der Waals surface area (Å²) >= 11 is 0. The van der Waals surface area contributed by atoms with Crippen molar-refractivity contribution >= 4 is 24.8 Å². The molecule has 2 aliphatic heterocycles. The minimum absolute atomic E-state index is 0.0756. The first kappa shape index (κ1) is 19.6. The number of aliphatic hydroxyl groups is 1. The van der Waals surface area contributed by atoms with Crippen molar-refractivity contribution in [2.45, 2.75) is 50.4 Å². The third-order valence-electron chi connectivity index (χ3n) is 4.49. The van der Waals surface area contributed by atoms with Crippen molar-refractivity contribution < 1.29 is 36.8 Å². The smallest absolute Gasteiger partial charge is 0.386 e. The van der Waals surface area contributed by atoms with Gasteiger partial charge < -0.3 is 15.6 Å². The Morgan fingerprint density at radius 3 is 2.86 bits per heavy atom. The van der Waals surface area contributed by atoms with Crippen molar-refractivity contribution in [2.75, 3.05) is 12.3 Å². The molecule has 4 rings (SSSR count). The van der Waals surface area contributed by atoms with Crippen LogP contribution in [0.2, 0.25) is 0 Å². The zero-order valence-electron chi connectivity index (χ0n) is 14.8. The van der Waals surface area contributed by atoms with Crippen LogP contribution in [0.15, 0.2) is 12.7 Å². The van der Waals surface area contributed by atoms with E-state index in [1.165, 1.54) is 10.9 Å². The first-order valence-electron chi connectivity index (χ1n) is 8.35. The predicted molar refractivity (Wildman–Crippen MR) is 89.3 cm³/mol. The van der Waals surface area contributed by atoms with E-state index in [-0.39, 0.29) is 17.0 Å². The third-order valence-corrected chi connectivity index (χ3v) is 6.10. The molecule has 28 heavy (non-hydrogen) atoms. The van der Waals surface area contributed by atoms with Crippen LogP contribution < -0.4 is 5.73 Å². The van der Waals surface area contributed by atoms with Crippen LogP contribution in [0.25, 0.3) is 11.2 Å². The Balaban J connectivity index is 1.73. The molecule has 0 amide bonds. The first-order valence-corrected chi connectivity index (χ1v) is 9.81. The summed E-state index contributed by atoms with van der Waals surface area (Å²) in [6.07, 6.45) is -5.96. The SMILES string of the molecule is CC(C)OP1(=O)OCC2(C(F)F)OC(n3cnc4c(N)ncnc43)C(O)C2O1. The number of nitrogens with two attached hydrogens (primary N) is 1. The second-order valence-electron chi connectivity index (χ2n) is 6.74. The van der Waals surface area contributed by atoms with Gasteiger partial charge in [0.05, 0.1) is 19.0 Å². The highest BCUT2D eigenvalue weighted by molar-refractivity contribution is 7.48. The number of halogens is 2. The van der Waals surface area contributed by atoms with E-state index < -0.39 is 51.0 Å². The van der Waals surface area contributed by atoms with E-state index in [4.69, 9.17) is 24.0 Å². The minimum Gasteiger partial charge on any atom is -0.386 e. The Kier molecular flexibility index (Phi) is 4.64. The Morgan fingerprint density at radius 1 is 1.43 bits per heavy atom. The highest BCUT2D eigenvalue weighted by atomic mass is 31.2. The molecule has 11 nitrogen and oxygen atoms in total. The number of aliphatic hydroxyl groups excluding tert-OH is 1. The van der Waals surface area contributed by atoms with Gasteiger partial charge in [0.25, 0.3) is 6.43 Å². The summed E-state index contributed by atoms with van der Waals surface area (Å²) < 4.78 is 62.6. The van der Waals surface area contributed by atoms with Crippen LogP contribution >= 0.6 is 7.82 Å². The first-order chi connectivity index (χ1) is 13.2. The van der Waals surface area contributed by atoms with Gasteiger partial charge in [-0.2, -0.15) is 0 Å². The van der Waals surface area contributed by atoms with Gasteiger partial charge in [0.15, 0.2) is 23.3 Å². The molecule has 0 saturated carbocycles. The maximum Gasteiger partial charge on any atom is 0.475 e. The number of hydrogen-bond acceptors (Lipinski definition) is 10. The number of fused-ring (bicyclic) bond motifs is 2. The second-order valence-corrected chi connectivity index (χ2v) is 8.31. The van der Waals surface area contributed by atoms with E-state index in [2.05, 4.69) is 15.0 Å². The maximum absolute atomic E-state index is 13.9. The van der Waals surface area contributed by atoms with E-state index >= 15 is 0 Å². The third kappa shape index (κ3) is 2.90. The maximum atomic E-state index is 13.9. The van der Waals surface area contributed by atoms with Gasteiger partial charge in [0, 0.05) is 0 Å². The number of nitrogen functional groups attached to an aromatic ring is 1. The zero-order chi connectivity index (χ0) is 20.3. The lowest BCUT2D eigenvalue weighted by Gasteiger charge is -2.39. The molecule has 2 aromatic rings. The molecule has 0 spiro atoms. The van der Waals surface area contributed by atoms with E-state index in [1.54, 1.807) is 13.8 Å². The van der Waals surface area contributed by atoms with E-state index in [0.29, 0.717) is 0 Å². The molecule has 0 bridgehead atoms. The predicted octanol–water partition coefficient (Wildman–Crippen LogP) is 1.25. The highest BCUT2D eigenvalue weighted by Crippen LogP contribution is 2.61. The molecule has 2 fully saturated rings. The number of imidazole rings is 1. The van der Waals surface area contributed by atoms with Crippen molar-refractivity contribution in [3.63, 3.8) is 0 Å². The average Bonchev–Trinajstić information content (AvgIpc) is 3.15. The Hall–Kier alpha value is -1.76. The fourth-order valence-corrected chi connectivity index (χ4v) is 4.88. The summed E-state index contributed by atoms with van der Waals surface area (Å²) in [4.78, 5) is 11.8. The molecule has 5 atom stereocenters. The molecule has 5 unspecified atom stereocenters. The molecule has 154 valence electrons. The molecule has 2 aliphatic rings. The summed E-state index contributed by atoms with van der Waals surface area (Å²) in [7, 11) is -4.16. The van der Waals surface area contributed by atoms with Crippen molar-refractivity contribution in [3.8, 4) is 0 Å². The number of ether oxygens (including phenoxy) is 1. The molecule has 4 heterocycles. The molecule has 2 saturated heterocycles. The molecule has 0 aromatic carbocycles. The molecule has 2 aromatic heterocycles. The van der Waals surface area contributed by atoms with E-state index in [9.17, 15) is 18.5 Å². The number of phosphoric ester groups is 1. The number of anilines is 1. The fraction of sp³-hybridized carbons (Fsp3) is 0.643. The molecule has 3 N–H and O–H groups in total. The Labute approximate surface area is 157 Å². The minimum atomic E-state index is -4.16. The lowest BCUT2D eigenvalue weighted by atomic mass is 9.96. The number of nitrogens with zero attached hydrogens (tertiary/aromatic N) is 4. The average molecular weight is 421 g/mol. The summed E-state index contributed by atoms with van der Waals surface area (Å²) in [5, 5.41) is 10.7. The Bertz CT molecular complexity index is 944. The molecule has 0 radical (unpaired) electrons. The normalized spacial score (nSPS) is 35.8. The highest BCUT2D eigenvalue weighted by Gasteiger charge is 2.67. The van der Waals surface area contributed by atoms with Crippen molar-refractivity contribution in [3.05, 3.63) is 12.7 Å². The number of rotatable bonds is 4. The van der Waals surface area contributed by atoms with Crippen LogP contribution in [0.3, 0.4) is 0 Å².